The van der Waals surface area contributed by atoms with Gasteiger partial charge in [0.05, 0.1) is 0 Å². The van der Waals surface area contributed by atoms with Crippen LogP contribution in [0, 0.1) is 0 Å². The Morgan fingerprint density at radius 3 is 2.76 bits per heavy atom. The number of aromatic nitrogens is 1. The first-order valence-corrected chi connectivity index (χ1v) is 8.92. The predicted octanol–water partition coefficient (Wildman–Crippen LogP) is 3.40. The second-order valence-electron chi connectivity index (χ2n) is 6.64. The molecular weight excluding hydrogens is 314 g/mol. The molecule has 0 aliphatic carbocycles. The van der Waals surface area contributed by atoms with Gasteiger partial charge in [-0.2, -0.15) is 0 Å². The zero-order valence-corrected chi connectivity index (χ0v) is 14.6. The summed E-state index contributed by atoms with van der Waals surface area (Å²) >= 11 is 0. The second-order valence-corrected chi connectivity index (χ2v) is 6.64. The number of rotatable bonds is 4. The predicted molar refractivity (Wildman–Crippen MR) is 99.8 cm³/mol. The van der Waals surface area contributed by atoms with Crippen LogP contribution in [0.25, 0.3) is 0 Å². The van der Waals surface area contributed by atoms with Gasteiger partial charge in [0.1, 0.15) is 5.69 Å². The lowest BCUT2D eigenvalue weighted by Gasteiger charge is -2.35. The maximum absolute atomic E-state index is 12.7. The van der Waals surface area contributed by atoms with Crippen LogP contribution in [-0.2, 0) is 13.5 Å². The fraction of sp³-hybridized carbons (Fsp3) is 0.400. The maximum Gasteiger partial charge on any atom is 0.322 e. The maximum atomic E-state index is 12.7. The number of urea groups is 1. The molecule has 5 heteroatoms. The molecule has 1 aliphatic rings. The van der Waals surface area contributed by atoms with Gasteiger partial charge in [-0.1, -0.05) is 30.3 Å². The lowest BCUT2D eigenvalue weighted by molar-refractivity contribution is 0.158. The van der Waals surface area contributed by atoms with E-state index >= 15 is 0 Å². The van der Waals surface area contributed by atoms with Crippen molar-refractivity contribution in [1.29, 1.82) is 0 Å². The van der Waals surface area contributed by atoms with Gasteiger partial charge in [0.15, 0.2) is 0 Å². The molecule has 5 nitrogen and oxygen atoms in total. The van der Waals surface area contributed by atoms with E-state index in [0.717, 1.165) is 38.6 Å². The molecule has 0 spiro atoms. The van der Waals surface area contributed by atoms with Crippen LogP contribution in [0.3, 0.4) is 0 Å². The monoisotopic (exact) mass is 339 g/mol. The minimum Gasteiger partial charge on any atom is -0.322 e. The van der Waals surface area contributed by atoms with Gasteiger partial charge in [0.25, 0.3) is 5.56 Å². The van der Waals surface area contributed by atoms with Crippen molar-refractivity contribution in [3.63, 3.8) is 0 Å². The van der Waals surface area contributed by atoms with Gasteiger partial charge in [-0.05, 0) is 49.8 Å². The first-order valence-electron chi connectivity index (χ1n) is 8.92. The van der Waals surface area contributed by atoms with Gasteiger partial charge in [0, 0.05) is 25.8 Å². The summed E-state index contributed by atoms with van der Waals surface area (Å²) < 4.78 is 1.47. The molecule has 1 atom stereocenters. The van der Waals surface area contributed by atoms with Crippen LogP contribution >= 0.6 is 0 Å². The number of nitrogens with zero attached hydrogens (tertiary/aromatic N) is 2. The molecule has 2 aromatic rings. The van der Waals surface area contributed by atoms with E-state index in [4.69, 9.17) is 0 Å². The Morgan fingerprint density at radius 1 is 1.16 bits per heavy atom. The summed E-state index contributed by atoms with van der Waals surface area (Å²) in [5.41, 5.74) is 1.45. The lowest BCUT2D eigenvalue weighted by Crippen LogP contribution is -2.46. The van der Waals surface area contributed by atoms with Gasteiger partial charge in [-0.15, -0.1) is 0 Å². The molecule has 2 heterocycles. The van der Waals surface area contributed by atoms with Crippen LogP contribution in [0.4, 0.5) is 10.5 Å². The highest BCUT2D eigenvalue weighted by atomic mass is 16.2. The molecule has 1 aliphatic heterocycles. The highest BCUT2D eigenvalue weighted by molar-refractivity contribution is 5.89. The molecule has 0 bridgehead atoms. The average Bonchev–Trinajstić information content (AvgIpc) is 2.65. The minimum absolute atomic E-state index is 0.166. The van der Waals surface area contributed by atoms with E-state index in [9.17, 15) is 9.59 Å². The number of carbonyl (C=O) groups excluding carboxylic acids is 1. The zero-order chi connectivity index (χ0) is 17.6. The van der Waals surface area contributed by atoms with Crippen LogP contribution < -0.4 is 10.9 Å². The first-order chi connectivity index (χ1) is 12.1. The Bertz CT molecular complexity index is 770. The van der Waals surface area contributed by atoms with E-state index in [-0.39, 0.29) is 17.6 Å². The fourth-order valence-corrected chi connectivity index (χ4v) is 3.43. The Balaban J connectivity index is 1.66. The zero-order valence-electron chi connectivity index (χ0n) is 14.6. The number of benzene rings is 1. The number of piperidine rings is 1. The van der Waals surface area contributed by atoms with E-state index < -0.39 is 0 Å². The molecule has 2 amide bonds. The number of amides is 2. The third-order valence-corrected chi connectivity index (χ3v) is 4.86. The smallest absolute Gasteiger partial charge is 0.322 e. The minimum atomic E-state index is -0.186. The van der Waals surface area contributed by atoms with E-state index in [1.807, 2.05) is 23.1 Å². The largest absolute Gasteiger partial charge is 0.322 e. The Labute approximate surface area is 148 Å². The van der Waals surface area contributed by atoms with Crippen molar-refractivity contribution in [2.45, 2.75) is 38.1 Å². The molecule has 1 aromatic carbocycles. The van der Waals surface area contributed by atoms with Crippen LogP contribution in [0.15, 0.2) is 53.5 Å². The SMILES string of the molecule is Cn1cccc(NC(=O)N2CCCCC2CCc2ccccc2)c1=O. The average molecular weight is 339 g/mol. The van der Waals surface area contributed by atoms with Crippen molar-refractivity contribution in [3.8, 4) is 0 Å². The standard InChI is InChI=1S/C20H25N3O2/c1-22-14-7-11-18(19(22)24)21-20(25)23-15-6-5-10-17(23)13-12-16-8-3-2-4-9-16/h2-4,7-9,11,14,17H,5-6,10,12-13,15H2,1H3,(H,21,25). The van der Waals surface area contributed by atoms with Gasteiger partial charge in [-0.25, -0.2) is 4.79 Å². The van der Waals surface area contributed by atoms with E-state index in [1.54, 1.807) is 25.4 Å². The van der Waals surface area contributed by atoms with E-state index in [1.165, 1.54) is 10.1 Å². The van der Waals surface area contributed by atoms with Crippen molar-refractivity contribution < 1.29 is 4.79 Å². The molecule has 0 saturated carbocycles. The molecule has 1 unspecified atom stereocenters. The topological polar surface area (TPSA) is 54.3 Å². The Kier molecular flexibility index (Phi) is 5.53. The summed E-state index contributed by atoms with van der Waals surface area (Å²) in [7, 11) is 1.68. The summed E-state index contributed by atoms with van der Waals surface area (Å²) in [6.45, 7) is 0.748. The highest BCUT2D eigenvalue weighted by Crippen LogP contribution is 2.22. The quantitative estimate of drug-likeness (QED) is 0.928. The Morgan fingerprint density at radius 2 is 1.96 bits per heavy atom. The molecule has 1 N–H and O–H groups in total. The molecule has 3 rings (SSSR count). The summed E-state index contributed by atoms with van der Waals surface area (Å²) in [6, 6.07) is 13.8. The number of hydrogen-bond donors (Lipinski definition) is 1. The van der Waals surface area contributed by atoms with Gasteiger partial charge >= 0.3 is 6.03 Å². The number of likely N-dealkylation sites (tertiary alicyclic amines) is 1. The summed E-state index contributed by atoms with van der Waals surface area (Å²) in [5, 5.41) is 2.80. The normalized spacial score (nSPS) is 17.3. The third kappa shape index (κ3) is 4.29. The summed E-state index contributed by atoms with van der Waals surface area (Å²) in [5.74, 6) is 0. The molecule has 1 saturated heterocycles. The summed E-state index contributed by atoms with van der Waals surface area (Å²) in [4.78, 5) is 26.7. The van der Waals surface area contributed by atoms with Gasteiger partial charge < -0.3 is 14.8 Å². The molecular formula is C20H25N3O2. The van der Waals surface area contributed by atoms with Crippen LogP contribution in [-0.4, -0.2) is 28.1 Å². The first kappa shape index (κ1) is 17.3. The highest BCUT2D eigenvalue weighted by Gasteiger charge is 2.26. The fourth-order valence-electron chi connectivity index (χ4n) is 3.43. The van der Waals surface area contributed by atoms with E-state index in [2.05, 4.69) is 17.4 Å². The third-order valence-electron chi connectivity index (χ3n) is 4.86. The van der Waals surface area contributed by atoms with Crippen molar-refractivity contribution in [3.05, 3.63) is 64.6 Å². The number of pyridine rings is 1. The number of carbonyl (C=O) groups is 1. The van der Waals surface area contributed by atoms with Crippen molar-refractivity contribution in [1.82, 2.24) is 9.47 Å². The number of nitrogens with one attached hydrogen (secondary N) is 1. The van der Waals surface area contributed by atoms with E-state index in [0.29, 0.717) is 5.69 Å². The molecule has 1 aromatic heterocycles. The number of aryl methyl sites for hydroxylation is 2. The van der Waals surface area contributed by atoms with Crippen molar-refractivity contribution in [2.24, 2.45) is 7.05 Å². The van der Waals surface area contributed by atoms with Crippen LogP contribution in [0.2, 0.25) is 0 Å². The second kappa shape index (κ2) is 8.01. The molecule has 25 heavy (non-hydrogen) atoms. The van der Waals surface area contributed by atoms with Gasteiger partial charge in [0.2, 0.25) is 0 Å². The lowest BCUT2D eigenvalue weighted by atomic mass is 9.96. The number of anilines is 1. The van der Waals surface area contributed by atoms with Crippen molar-refractivity contribution in [2.75, 3.05) is 11.9 Å². The van der Waals surface area contributed by atoms with Crippen LogP contribution in [0.5, 0.6) is 0 Å². The van der Waals surface area contributed by atoms with Crippen LogP contribution in [0.1, 0.15) is 31.2 Å². The van der Waals surface area contributed by atoms with Gasteiger partial charge in [-0.3, -0.25) is 4.79 Å². The molecule has 1 fully saturated rings. The van der Waals surface area contributed by atoms with Crippen molar-refractivity contribution >= 4 is 11.7 Å². The molecule has 132 valence electrons. The summed E-state index contributed by atoms with van der Waals surface area (Å²) in [6.07, 6.45) is 6.78. The Hall–Kier alpha value is -2.56. The molecule has 0 radical (unpaired) electrons. The number of hydrogen-bond acceptors (Lipinski definition) is 2.